The van der Waals surface area contributed by atoms with Crippen LogP contribution in [0.5, 0.6) is 5.75 Å². The molecule has 3 nitrogen and oxygen atoms in total. The van der Waals surface area contributed by atoms with E-state index in [2.05, 4.69) is 65.7 Å². The molecule has 0 amide bonds. The van der Waals surface area contributed by atoms with Crippen molar-refractivity contribution >= 4 is 11.3 Å². The van der Waals surface area contributed by atoms with Gasteiger partial charge in [0.2, 0.25) is 0 Å². The number of nitrogens with zero attached hydrogens (tertiary/aromatic N) is 2. The van der Waals surface area contributed by atoms with E-state index in [0.29, 0.717) is 0 Å². The van der Waals surface area contributed by atoms with Crippen LogP contribution in [-0.4, -0.2) is 16.8 Å². The molecule has 0 bridgehead atoms. The minimum Gasteiger partial charge on any atom is -0.494 e. The lowest BCUT2D eigenvalue weighted by molar-refractivity contribution is 0.312. The Labute approximate surface area is 178 Å². The van der Waals surface area contributed by atoms with Gasteiger partial charge in [0.15, 0.2) is 0 Å². The molecule has 2 aromatic carbocycles. The van der Waals surface area contributed by atoms with Gasteiger partial charge in [0, 0.05) is 12.0 Å². The molecular formula is C25H30N2OS. The van der Waals surface area contributed by atoms with Crippen LogP contribution in [0.4, 0.5) is 0 Å². The maximum atomic E-state index is 5.81. The molecule has 1 aromatic heterocycles. The summed E-state index contributed by atoms with van der Waals surface area (Å²) in [7, 11) is 0. The van der Waals surface area contributed by atoms with Gasteiger partial charge in [-0.1, -0.05) is 79.7 Å². The van der Waals surface area contributed by atoms with Gasteiger partial charge in [-0.25, -0.2) is 0 Å². The van der Waals surface area contributed by atoms with E-state index in [1.54, 1.807) is 11.3 Å². The van der Waals surface area contributed by atoms with E-state index in [0.717, 1.165) is 47.2 Å². The Balaban J connectivity index is 1.57. The molecule has 0 saturated carbocycles. The maximum Gasteiger partial charge on any atom is 0.147 e. The van der Waals surface area contributed by atoms with Crippen LogP contribution in [0.2, 0.25) is 0 Å². The Morgan fingerprint density at radius 2 is 1.55 bits per heavy atom. The second-order valence-corrected chi connectivity index (χ2v) is 8.18. The molecule has 0 aliphatic heterocycles. The van der Waals surface area contributed by atoms with Crippen molar-refractivity contribution in [3.63, 3.8) is 0 Å². The first kappa shape index (κ1) is 21.3. The molecular weight excluding hydrogens is 376 g/mol. The smallest absolute Gasteiger partial charge is 0.147 e. The monoisotopic (exact) mass is 406 g/mol. The van der Waals surface area contributed by atoms with Gasteiger partial charge >= 0.3 is 0 Å². The summed E-state index contributed by atoms with van der Waals surface area (Å²) >= 11 is 1.71. The summed E-state index contributed by atoms with van der Waals surface area (Å²) in [5, 5.41) is 10.9. The highest BCUT2D eigenvalue weighted by molar-refractivity contribution is 7.14. The van der Waals surface area contributed by atoms with Crippen LogP contribution >= 0.6 is 11.3 Å². The zero-order chi connectivity index (χ0) is 20.3. The number of ether oxygens (including phenoxy) is 1. The molecule has 3 aromatic rings. The second kappa shape index (κ2) is 11.5. The van der Waals surface area contributed by atoms with Gasteiger partial charge in [-0.15, -0.1) is 10.2 Å². The molecule has 0 fully saturated rings. The van der Waals surface area contributed by atoms with Gasteiger partial charge in [-0.3, -0.25) is 0 Å². The number of benzene rings is 2. The van der Waals surface area contributed by atoms with Crippen molar-refractivity contribution in [3.05, 3.63) is 65.7 Å². The van der Waals surface area contributed by atoms with E-state index in [1.807, 2.05) is 19.1 Å². The van der Waals surface area contributed by atoms with Crippen LogP contribution in [0.1, 0.15) is 51.0 Å². The number of rotatable bonds is 11. The SMILES string of the molecule is CC=CCCCOc1ccc(-c2ccc(-c3nnc(CCCCC)s3)cc2)cc1. The molecule has 0 saturated heterocycles. The summed E-state index contributed by atoms with van der Waals surface area (Å²) in [5.74, 6) is 0.926. The second-order valence-electron chi connectivity index (χ2n) is 7.12. The first-order valence-corrected chi connectivity index (χ1v) is 11.4. The van der Waals surface area contributed by atoms with Crippen molar-refractivity contribution in [1.29, 1.82) is 0 Å². The summed E-state index contributed by atoms with van der Waals surface area (Å²) in [5.41, 5.74) is 3.52. The van der Waals surface area contributed by atoms with Gasteiger partial charge in [-0.05, 0) is 49.4 Å². The van der Waals surface area contributed by atoms with E-state index in [-0.39, 0.29) is 0 Å². The molecule has 1 heterocycles. The van der Waals surface area contributed by atoms with E-state index >= 15 is 0 Å². The number of unbranched alkanes of at least 4 members (excludes halogenated alkanes) is 3. The van der Waals surface area contributed by atoms with E-state index in [9.17, 15) is 0 Å². The first-order chi connectivity index (χ1) is 14.3. The summed E-state index contributed by atoms with van der Waals surface area (Å²) in [4.78, 5) is 0. The Morgan fingerprint density at radius 1 is 0.862 bits per heavy atom. The average Bonchev–Trinajstić information content (AvgIpc) is 3.23. The Kier molecular flexibility index (Phi) is 8.44. The third-order valence-electron chi connectivity index (χ3n) is 4.80. The van der Waals surface area contributed by atoms with Crippen LogP contribution < -0.4 is 4.74 Å². The van der Waals surface area contributed by atoms with E-state index < -0.39 is 0 Å². The van der Waals surface area contributed by atoms with Crippen molar-refractivity contribution in [2.45, 2.75) is 52.4 Å². The normalized spacial score (nSPS) is 11.2. The van der Waals surface area contributed by atoms with Crippen LogP contribution in [0.25, 0.3) is 21.7 Å². The Bertz CT molecular complexity index is 882. The molecule has 4 heteroatoms. The predicted octanol–water partition coefficient (Wildman–Crippen LogP) is 7.34. The summed E-state index contributed by atoms with van der Waals surface area (Å²) in [6.45, 7) is 5.02. The van der Waals surface area contributed by atoms with E-state index in [4.69, 9.17) is 4.74 Å². The number of aryl methyl sites for hydroxylation is 1. The number of aromatic nitrogens is 2. The Morgan fingerprint density at radius 3 is 2.24 bits per heavy atom. The predicted molar refractivity (Wildman–Crippen MR) is 124 cm³/mol. The van der Waals surface area contributed by atoms with Crippen LogP contribution in [-0.2, 0) is 6.42 Å². The van der Waals surface area contributed by atoms with Crippen LogP contribution in [0, 0.1) is 0 Å². The molecule has 0 radical (unpaired) electrons. The fourth-order valence-corrected chi connectivity index (χ4v) is 3.99. The van der Waals surface area contributed by atoms with Crippen molar-refractivity contribution in [2.75, 3.05) is 6.61 Å². The highest BCUT2D eigenvalue weighted by atomic mass is 32.1. The van der Waals surface area contributed by atoms with Gasteiger partial charge in [0.25, 0.3) is 0 Å². The molecule has 0 spiro atoms. The molecule has 152 valence electrons. The molecule has 29 heavy (non-hydrogen) atoms. The standard InChI is InChI=1S/C25H30N2OS/c1-3-5-7-9-19-28-23-17-15-21(16-18-23)20-11-13-22(14-12-20)25-27-26-24(29-25)10-8-6-4-2/h3,5,11-18H,4,6-10,19H2,1-2H3. The lowest BCUT2D eigenvalue weighted by Crippen LogP contribution is -1.96. The number of hydrogen-bond acceptors (Lipinski definition) is 4. The van der Waals surface area contributed by atoms with Crippen molar-refractivity contribution in [2.24, 2.45) is 0 Å². The van der Waals surface area contributed by atoms with Crippen molar-refractivity contribution in [1.82, 2.24) is 10.2 Å². The third kappa shape index (κ3) is 6.53. The highest BCUT2D eigenvalue weighted by Gasteiger charge is 2.07. The molecule has 0 atom stereocenters. The summed E-state index contributed by atoms with van der Waals surface area (Å²) in [6.07, 6.45) is 11.1. The van der Waals surface area contributed by atoms with Gasteiger partial charge in [-0.2, -0.15) is 0 Å². The fourth-order valence-electron chi connectivity index (χ4n) is 3.10. The third-order valence-corrected chi connectivity index (χ3v) is 5.83. The maximum absolute atomic E-state index is 5.81. The molecule has 0 N–H and O–H groups in total. The number of allylic oxidation sites excluding steroid dienone is 2. The topological polar surface area (TPSA) is 35.0 Å². The minimum absolute atomic E-state index is 0.751. The first-order valence-electron chi connectivity index (χ1n) is 10.6. The van der Waals surface area contributed by atoms with Crippen LogP contribution in [0.3, 0.4) is 0 Å². The molecule has 0 unspecified atom stereocenters. The van der Waals surface area contributed by atoms with Gasteiger partial charge in [0.05, 0.1) is 6.61 Å². The lowest BCUT2D eigenvalue weighted by Gasteiger charge is -2.07. The molecule has 0 aliphatic rings. The average molecular weight is 407 g/mol. The molecule has 3 rings (SSSR count). The highest BCUT2D eigenvalue weighted by Crippen LogP contribution is 2.28. The Hall–Kier alpha value is -2.46. The van der Waals surface area contributed by atoms with Gasteiger partial charge < -0.3 is 4.74 Å². The van der Waals surface area contributed by atoms with E-state index in [1.165, 1.54) is 30.4 Å². The molecule has 0 aliphatic carbocycles. The largest absolute Gasteiger partial charge is 0.494 e. The van der Waals surface area contributed by atoms with Crippen molar-refractivity contribution < 1.29 is 4.74 Å². The van der Waals surface area contributed by atoms with Crippen molar-refractivity contribution in [3.8, 4) is 27.4 Å². The minimum atomic E-state index is 0.751. The quantitative estimate of drug-likeness (QED) is 0.247. The van der Waals surface area contributed by atoms with Gasteiger partial charge in [0.1, 0.15) is 15.8 Å². The number of hydrogen-bond donors (Lipinski definition) is 0. The summed E-state index contributed by atoms with van der Waals surface area (Å²) < 4.78 is 5.81. The summed E-state index contributed by atoms with van der Waals surface area (Å²) in [6, 6.07) is 16.9. The fraction of sp³-hybridized carbons (Fsp3) is 0.360. The van der Waals surface area contributed by atoms with Crippen LogP contribution in [0.15, 0.2) is 60.7 Å². The zero-order valence-electron chi connectivity index (χ0n) is 17.4. The lowest BCUT2D eigenvalue weighted by atomic mass is 10.0. The zero-order valence-corrected chi connectivity index (χ0v) is 18.3.